The van der Waals surface area contributed by atoms with Crippen molar-refractivity contribution >= 4 is 66.4 Å². The lowest BCUT2D eigenvalue weighted by atomic mass is 10.2. The summed E-state index contributed by atoms with van der Waals surface area (Å²) >= 11 is 6.51. The van der Waals surface area contributed by atoms with Gasteiger partial charge in [0.2, 0.25) is 11.8 Å². The summed E-state index contributed by atoms with van der Waals surface area (Å²) in [5, 5.41) is 22.4. The van der Waals surface area contributed by atoms with Gasteiger partial charge in [-0.05, 0) is 43.2 Å². The molecule has 2 aliphatic rings. The summed E-state index contributed by atoms with van der Waals surface area (Å²) in [6.07, 6.45) is 1.68. The van der Waals surface area contributed by atoms with Gasteiger partial charge in [-0.15, -0.1) is 0 Å². The van der Waals surface area contributed by atoms with Crippen LogP contribution in [0.5, 0.6) is 0 Å². The van der Waals surface area contributed by atoms with Crippen molar-refractivity contribution in [2.45, 2.75) is 24.9 Å². The third-order valence-electron chi connectivity index (χ3n) is 5.64. The number of halogens is 2. The highest BCUT2D eigenvalue weighted by atomic mass is 79.9. The maximum atomic E-state index is 11.7. The molecule has 2 unspecified atom stereocenters. The molecule has 0 aliphatic carbocycles. The number of nitro benzene ring substituents is 1. The van der Waals surface area contributed by atoms with Crippen LogP contribution in [-0.4, -0.2) is 68.3 Å². The van der Waals surface area contributed by atoms with Crippen LogP contribution in [0.4, 0.5) is 22.7 Å². The molecule has 2 atom stereocenters. The van der Waals surface area contributed by atoms with E-state index in [1.165, 1.54) is 6.07 Å². The van der Waals surface area contributed by atoms with Gasteiger partial charge in [0.25, 0.3) is 5.69 Å². The maximum Gasteiger partial charge on any atom is 0.293 e. The van der Waals surface area contributed by atoms with Gasteiger partial charge in [-0.2, -0.15) is 0 Å². The molecule has 6 N–H and O–H groups in total. The number of nitrogen functional groups attached to an aromatic ring is 1. The van der Waals surface area contributed by atoms with Crippen molar-refractivity contribution in [2.24, 2.45) is 0 Å². The second kappa shape index (κ2) is 14.9. The number of nitrogens with one attached hydrogen (secondary N) is 4. The van der Waals surface area contributed by atoms with E-state index in [2.05, 4.69) is 53.1 Å². The molecule has 2 saturated heterocycles. The molecule has 2 aromatic carbocycles. The molecule has 2 heterocycles. The van der Waals surface area contributed by atoms with E-state index in [4.69, 9.17) is 15.2 Å². The first kappa shape index (κ1) is 29.6. The van der Waals surface area contributed by atoms with Gasteiger partial charge in [0.1, 0.15) is 5.69 Å². The number of nitro groups is 1. The van der Waals surface area contributed by atoms with E-state index in [1.54, 1.807) is 18.2 Å². The van der Waals surface area contributed by atoms with E-state index in [1.807, 2.05) is 12.1 Å². The SMILES string of the molecule is Nc1cc(Br)ccc1NCC(=O)NC1CCOC1.O=C(CNc1ccc(Br)cc1[N+](=O)[O-])NC1CCOC1. The van der Waals surface area contributed by atoms with Crippen LogP contribution in [0.2, 0.25) is 0 Å². The minimum absolute atomic E-state index is 0.0149. The predicted molar refractivity (Wildman–Crippen MR) is 151 cm³/mol. The summed E-state index contributed by atoms with van der Waals surface area (Å²) in [6, 6.07) is 10.3. The molecule has 4 rings (SSSR count). The molecule has 38 heavy (non-hydrogen) atoms. The summed E-state index contributed by atoms with van der Waals surface area (Å²) in [7, 11) is 0. The normalized spacial score (nSPS) is 18.2. The topological polar surface area (TPSA) is 170 Å². The van der Waals surface area contributed by atoms with Crippen LogP contribution in [-0.2, 0) is 19.1 Å². The summed E-state index contributed by atoms with van der Waals surface area (Å²) in [4.78, 5) is 33.8. The molecule has 2 amide bonds. The van der Waals surface area contributed by atoms with Crippen LogP contribution < -0.4 is 27.0 Å². The molecular formula is C24H30Br2N6O6. The fourth-order valence-electron chi connectivity index (χ4n) is 3.71. The Balaban J connectivity index is 0.000000212. The quantitative estimate of drug-likeness (QED) is 0.155. The predicted octanol–water partition coefficient (Wildman–Crippen LogP) is 3.02. The van der Waals surface area contributed by atoms with Gasteiger partial charge in [-0.25, -0.2) is 0 Å². The van der Waals surface area contributed by atoms with E-state index >= 15 is 0 Å². The first-order valence-corrected chi connectivity index (χ1v) is 13.5. The Hall–Kier alpha value is -2.94. The fraction of sp³-hybridized carbons (Fsp3) is 0.417. The Kier molecular flexibility index (Phi) is 11.6. The standard InChI is InChI=1S/C12H14BrN3O4.C12H16BrN3O2/c13-8-1-2-10(11(5-8)16(18)19)14-6-12(17)15-9-3-4-20-7-9;13-8-1-2-11(10(14)5-8)15-6-12(17)16-9-3-4-18-7-9/h1-2,5,9,14H,3-4,6-7H2,(H,15,17);1-2,5,9,15H,3-4,6-7,14H2,(H,16,17). The van der Waals surface area contributed by atoms with Crippen molar-refractivity contribution in [3.8, 4) is 0 Å². The zero-order valence-corrected chi connectivity index (χ0v) is 23.7. The van der Waals surface area contributed by atoms with Crippen LogP contribution in [0.25, 0.3) is 0 Å². The average Bonchev–Trinajstić information content (AvgIpc) is 3.57. The van der Waals surface area contributed by atoms with Crippen molar-refractivity contribution in [3.05, 3.63) is 55.5 Å². The number of carbonyl (C=O) groups excluding carboxylic acids is 2. The van der Waals surface area contributed by atoms with Crippen LogP contribution in [0.3, 0.4) is 0 Å². The van der Waals surface area contributed by atoms with E-state index in [0.29, 0.717) is 35.7 Å². The molecule has 0 spiro atoms. The minimum atomic E-state index is -0.490. The van der Waals surface area contributed by atoms with Gasteiger partial charge < -0.3 is 36.5 Å². The smallest absolute Gasteiger partial charge is 0.293 e. The number of amides is 2. The number of hydrogen-bond acceptors (Lipinski definition) is 9. The molecule has 0 aromatic heterocycles. The van der Waals surface area contributed by atoms with Crippen LogP contribution in [0.1, 0.15) is 12.8 Å². The summed E-state index contributed by atoms with van der Waals surface area (Å²) in [5.41, 5.74) is 7.44. The van der Waals surface area contributed by atoms with Gasteiger partial charge in [0, 0.05) is 28.2 Å². The van der Waals surface area contributed by atoms with Gasteiger partial charge in [0.15, 0.2) is 0 Å². The van der Waals surface area contributed by atoms with Crippen LogP contribution in [0.15, 0.2) is 45.3 Å². The Morgan fingerprint density at radius 3 is 1.87 bits per heavy atom. The molecule has 14 heteroatoms. The van der Waals surface area contributed by atoms with Gasteiger partial charge >= 0.3 is 0 Å². The molecule has 2 aliphatic heterocycles. The van der Waals surface area contributed by atoms with Crippen molar-refractivity contribution < 1.29 is 24.0 Å². The first-order valence-electron chi connectivity index (χ1n) is 11.9. The largest absolute Gasteiger partial charge is 0.397 e. The molecule has 206 valence electrons. The number of benzene rings is 2. The monoisotopic (exact) mass is 656 g/mol. The number of anilines is 3. The van der Waals surface area contributed by atoms with E-state index in [0.717, 1.165) is 29.6 Å². The Labute approximate surface area is 236 Å². The number of nitrogens with two attached hydrogens (primary N) is 1. The molecule has 12 nitrogen and oxygen atoms in total. The summed E-state index contributed by atoms with van der Waals surface area (Å²) in [6.45, 7) is 2.69. The lowest BCUT2D eigenvalue weighted by Gasteiger charge is -2.13. The second-order valence-corrected chi connectivity index (χ2v) is 10.4. The van der Waals surface area contributed by atoms with Gasteiger partial charge in [0.05, 0.1) is 54.7 Å². The van der Waals surface area contributed by atoms with Gasteiger partial charge in [-0.1, -0.05) is 31.9 Å². The second-order valence-electron chi connectivity index (χ2n) is 8.61. The van der Waals surface area contributed by atoms with Crippen molar-refractivity contribution in [1.82, 2.24) is 10.6 Å². The lowest BCUT2D eigenvalue weighted by Crippen LogP contribution is -2.38. The number of rotatable bonds is 9. The number of hydrogen-bond donors (Lipinski definition) is 5. The highest BCUT2D eigenvalue weighted by Gasteiger charge is 2.19. The lowest BCUT2D eigenvalue weighted by molar-refractivity contribution is -0.384. The summed E-state index contributed by atoms with van der Waals surface area (Å²) < 4.78 is 11.9. The van der Waals surface area contributed by atoms with E-state index in [9.17, 15) is 19.7 Å². The van der Waals surface area contributed by atoms with E-state index in [-0.39, 0.29) is 42.7 Å². The number of ether oxygens (including phenoxy) is 2. The minimum Gasteiger partial charge on any atom is -0.397 e. The van der Waals surface area contributed by atoms with Crippen LogP contribution in [0, 0.1) is 10.1 Å². The highest BCUT2D eigenvalue weighted by Crippen LogP contribution is 2.27. The zero-order chi connectivity index (χ0) is 27.5. The molecule has 0 radical (unpaired) electrons. The third kappa shape index (κ3) is 9.74. The third-order valence-corrected chi connectivity index (χ3v) is 6.62. The Morgan fingerprint density at radius 2 is 1.39 bits per heavy atom. The highest BCUT2D eigenvalue weighted by molar-refractivity contribution is 9.10. The number of carbonyl (C=O) groups is 2. The fourth-order valence-corrected chi connectivity index (χ4v) is 4.43. The number of nitrogens with zero attached hydrogens (tertiary/aromatic N) is 1. The molecular weight excluding hydrogens is 628 g/mol. The summed E-state index contributed by atoms with van der Waals surface area (Å²) in [5.74, 6) is -0.259. The van der Waals surface area contributed by atoms with Crippen molar-refractivity contribution in [1.29, 1.82) is 0 Å². The molecule has 2 aromatic rings. The van der Waals surface area contributed by atoms with Crippen molar-refractivity contribution in [3.63, 3.8) is 0 Å². The molecule has 2 fully saturated rings. The maximum absolute atomic E-state index is 11.7. The van der Waals surface area contributed by atoms with Gasteiger partial charge in [-0.3, -0.25) is 19.7 Å². The first-order chi connectivity index (χ1) is 18.2. The van der Waals surface area contributed by atoms with Crippen LogP contribution >= 0.6 is 31.9 Å². The average molecular weight is 658 g/mol. The Bertz CT molecular complexity index is 1130. The molecule has 0 bridgehead atoms. The molecule has 0 saturated carbocycles. The Morgan fingerprint density at radius 1 is 0.895 bits per heavy atom. The van der Waals surface area contributed by atoms with Crippen molar-refractivity contribution in [2.75, 3.05) is 55.9 Å². The zero-order valence-electron chi connectivity index (χ0n) is 20.5. The van der Waals surface area contributed by atoms with E-state index < -0.39 is 4.92 Å².